The van der Waals surface area contributed by atoms with Crippen molar-refractivity contribution in [1.29, 1.82) is 0 Å². The highest BCUT2D eigenvalue weighted by Gasteiger charge is 2.32. The van der Waals surface area contributed by atoms with E-state index in [0.29, 0.717) is 18.0 Å². The summed E-state index contributed by atoms with van der Waals surface area (Å²) < 4.78 is 13.9. The highest BCUT2D eigenvalue weighted by molar-refractivity contribution is 9.10. The molecule has 1 saturated carbocycles. The molecule has 4 heteroatoms. The first-order valence-electron chi connectivity index (χ1n) is 6.82. The van der Waals surface area contributed by atoms with Crippen LogP contribution in [-0.4, -0.2) is 12.6 Å². The molecule has 0 amide bonds. The van der Waals surface area contributed by atoms with E-state index in [9.17, 15) is 4.39 Å². The van der Waals surface area contributed by atoms with Gasteiger partial charge in [-0.15, -0.1) is 0 Å². The summed E-state index contributed by atoms with van der Waals surface area (Å²) >= 11 is 3.42. The van der Waals surface area contributed by atoms with E-state index < -0.39 is 0 Å². The van der Waals surface area contributed by atoms with Crippen molar-refractivity contribution in [3.8, 4) is 0 Å². The molecule has 106 valence electrons. The number of hydrogen-bond donors (Lipinski definition) is 2. The topological polar surface area (TPSA) is 38.0 Å². The van der Waals surface area contributed by atoms with Gasteiger partial charge >= 0.3 is 0 Å². The fourth-order valence-corrected chi connectivity index (χ4v) is 3.56. The van der Waals surface area contributed by atoms with Crippen molar-refractivity contribution < 1.29 is 4.39 Å². The van der Waals surface area contributed by atoms with Crippen molar-refractivity contribution >= 4 is 15.9 Å². The van der Waals surface area contributed by atoms with Crippen molar-refractivity contribution in [1.82, 2.24) is 5.32 Å². The van der Waals surface area contributed by atoms with E-state index in [4.69, 9.17) is 5.73 Å². The maximum atomic E-state index is 13.1. The molecule has 0 radical (unpaired) electrons. The lowest BCUT2D eigenvalue weighted by atomic mass is 9.91. The van der Waals surface area contributed by atoms with Crippen LogP contribution in [0.15, 0.2) is 22.7 Å². The molecule has 19 heavy (non-hydrogen) atoms. The van der Waals surface area contributed by atoms with Crippen LogP contribution in [0.2, 0.25) is 0 Å². The third kappa shape index (κ3) is 3.77. The van der Waals surface area contributed by atoms with E-state index in [2.05, 4.69) is 35.1 Å². The Kier molecular flexibility index (Phi) is 4.64. The predicted octanol–water partition coefficient (Wildman–Crippen LogP) is 3.76. The highest BCUT2D eigenvalue weighted by atomic mass is 79.9. The standard InChI is InChI=1S/C15H22BrFN2/c1-15(2)6-5-11(8-15)19-14(9-18)12-4-3-10(17)7-13(12)16/h3-4,7,11,14,19H,5-6,8-9,18H2,1-2H3. The Bertz CT molecular complexity index is 448. The molecule has 1 aromatic rings. The molecule has 2 unspecified atom stereocenters. The lowest BCUT2D eigenvalue weighted by molar-refractivity contribution is 0.353. The van der Waals surface area contributed by atoms with Crippen LogP contribution in [0.3, 0.4) is 0 Å². The summed E-state index contributed by atoms with van der Waals surface area (Å²) in [6, 6.07) is 5.38. The Morgan fingerprint density at radius 2 is 2.26 bits per heavy atom. The molecule has 1 aromatic carbocycles. The van der Waals surface area contributed by atoms with Crippen molar-refractivity contribution in [3.05, 3.63) is 34.1 Å². The minimum atomic E-state index is -0.228. The molecule has 1 fully saturated rings. The Hall–Kier alpha value is -0.450. The van der Waals surface area contributed by atoms with Crippen molar-refractivity contribution in [2.45, 2.75) is 45.2 Å². The second-order valence-electron chi connectivity index (χ2n) is 6.22. The molecular weight excluding hydrogens is 307 g/mol. The first kappa shape index (κ1) is 14.9. The first-order valence-corrected chi connectivity index (χ1v) is 7.62. The summed E-state index contributed by atoms with van der Waals surface area (Å²) in [5.74, 6) is -0.228. The fraction of sp³-hybridized carbons (Fsp3) is 0.600. The highest BCUT2D eigenvalue weighted by Crippen LogP contribution is 2.38. The van der Waals surface area contributed by atoms with Crippen LogP contribution in [-0.2, 0) is 0 Å². The van der Waals surface area contributed by atoms with Crippen molar-refractivity contribution in [2.24, 2.45) is 11.1 Å². The lowest BCUT2D eigenvalue weighted by Crippen LogP contribution is -2.36. The zero-order valence-corrected chi connectivity index (χ0v) is 13.1. The van der Waals surface area contributed by atoms with Gasteiger partial charge in [0.15, 0.2) is 0 Å². The molecule has 1 aliphatic rings. The molecule has 0 heterocycles. The maximum absolute atomic E-state index is 13.1. The minimum Gasteiger partial charge on any atom is -0.329 e. The van der Waals surface area contributed by atoms with Crippen LogP contribution in [0.4, 0.5) is 4.39 Å². The number of benzene rings is 1. The summed E-state index contributed by atoms with van der Waals surface area (Å²) in [5.41, 5.74) is 7.33. The van der Waals surface area contributed by atoms with E-state index in [-0.39, 0.29) is 11.9 Å². The molecule has 0 aliphatic heterocycles. The van der Waals surface area contributed by atoms with Crippen molar-refractivity contribution in [2.75, 3.05) is 6.54 Å². The minimum absolute atomic E-state index is 0.0777. The quantitative estimate of drug-likeness (QED) is 0.883. The summed E-state index contributed by atoms with van der Waals surface area (Å²) in [6.45, 7) is 5.13. The van der Waals surface area contributed by atoms with Crippen LogP contribution in [0.25, 0.3) is 0 Å². The van der Waals surface area contributed by atoms with Gasteiger partial charge in [0.05, 0.1) is 0 Å². The molecule has 0 bridgehead atoms. The second kappa shape index (κ2) is 5.90. The molecule has 0 spiro atoms. The zero-order valence-electron chi connectivity index (χ0n) is 11.5. The van der Waals surface area contributed by atoms with Gasteiger partial charge in [-0.2, -0.15) is 0 Å². The van der Waals surface area contributed by atoms with Crippen LogP contribution >= 0.6 is 15.9 Å². The van der Waals surface area contributed by atoms with Gasteiger partial charge in [0.25, 0.3) is 0 Å². The third-order valence-corrected chi connectivity index (χ3v) is 4.67. The number of hydrogen-bond acceptors (Lipinski definition) is 2. The van der Waals surface area contributed by atoms with Gasteiger partial charge in [0.1, 0.15) is 5.82 Å². The Morgan fingerprint density at radius 1 is 1.53 bits per heavy atom. The van der Waals surface area contributed by atoms with Crippen LogP contribution in [0.5, 0.6) is 0 Å². The Morgan fingerprint density at radius 3 is 2.79 bits per heavy atom. The van der Waals surface area contributed by atoms with E-state index >= 15 is 0 Å². The Labute approximate surface area is 123 Å². The van der Waals surface area contributed by atoms with Gasteiger partial charge in [-0.25, -0.2) is 4.39 Å². The molecule has 2 atom stereocenters. The molecule has 2 rings (SSSR count). The second-order valence-corrected chi connectivity index (χ2v) is 7.08. The van der Waals surface area contributed by atoms with E-state index in [1.165, 1.54) is 31.4 Å². The molecule has 3 N–H and O–H groups in total. The van der Waals surface area contributed by atoms with Crippen molar-refractivity contribution in [3.63, 3.8) is 0 Å². The summed E-state index contributed by atoms with van der Waals surface area (Å²) in [4.78, 5) is 0. The molecule has 1 aliphatic carbocycles. The average Bonchev–Trinajstić information content (AvgIpc) is 2.66. The molecule has 2 nitrogen and oxygen atoms in total. The number of nitrogens with two attached hydrogens (primary N) is 1. The third-order valence-electron chi connectivity index (χ3n) is 3.98. The van der Waals surface area contributed by atoms with Gasteiger partial charge in [0, 0.05) is 23.1 Å². The van der Waals surface area contributed by atoms with E-state index in [0.717, 1.165) is 10.0 Å². The largest absolute Gasteiger partial charge is 0.329 e. The number of halogens is 2. The van der Waals surface area contributed by atoms with Gasteiger partial charge in [-0.05, 0) is 42.4 Å². The lowest BCUT2D eigenvalue weighted by Gasteiger charge is -2.24. The fourth-order valence-electron chi connectivity index (χ4n) is 2.93. The van der Waals surface area contributed by atoms with Crippen LogP contribution in [0, 0.1) is 11.2 Å². The molecule has 0 aromatic heterocycles. The van der Waals surface area contributed by atoms with Gasteiger partial charge in [-0.3, -0.25) is 0 Å². The maximum Gasteiger partial charge on any atom is 0.124 e. The summed E-state index contributed by atoms with van der Waals surface area (Å²) in [6.07, 6.45) is 3.59. The number of nitrogens with one attached hydrogen (secondary N) is 1. The SMILES string of the molecule is CC1(C)CCC(NC(CN)c2ccc(F)cc2Br)C1. The normalized spacial score (nSPS) is 23.5. The van der Waals surface area contributed by atoms with E-state index in [1.807, 2.05) is 6.07 Å². The smallest absolute Gasteiger partial charge is 0.124 e. The molecule has 0 saturated heterocycles. The van der Waals surface area contributed by atoms with Gasteiger partial charge in [0.2, 0.25) is 0 Å². The van der Waals surface area contributed by atoms with Gasteiger partial charge in [-0.1, -0.05) is 35.8 Å². The Balaban J connectivity index is 2.08. The van der Waals surface area contributed by atoms with Gasteiger partial charge < -0.3 is 11.1 Å². The summed E-state index contributed by atoms with van der Waals surface area (Å²) in [5, 5.41) is 3.62. The average molecular weight is 329 g/mol. The summed E-state index contributed by atoms with van der Waals surface area (Å²) in [7, 11) is 0. The zero-order chi connectivity index (χ0) is 14.0. The predicted molar refractivity (Wildman–Crippen MR) is 80.5 cm³/mol. The first-order chi connectivity index (χ1) is 8.91. The monoisotopic (exact) mass is 328 g/mol. The van der Waals surface area contributed by atoms with Crippen LogP contribution in [0.1, 0.15) is 44.7 Å². The molecular formula is C15H22BrFN2. The number of rotatable bonds is 4. The van der Waals surface area contributed by atoms with E-state index in [1.54, 1.807) is 0 Å². The van der Waals surface area contributed by atoms with Crippen LogP contribution < -0.4 is 11.1 Å².